The summed E-state index contributed by atoms with van der Waals surface area (Å²) in [5, 5.41) is 0. The zero-order chi connectivity index (χ0) is 23.1. The number of esters is 3. The Morgan fingerprint density at radius 1 is 0.933 bits per heavy atom. The van der Waals surface area contributed by atoms with Crippen LogP contribution in [-0.4, -0.2) is 66.3 Å². The highest BCUT2D eigenvalue weighted by Crippen LogP contribution is 2.44. The van der Waals surface area contributed by atoms with Crippen LogP contribution in [0.3, 0.4) is 0 Å². The van der Waals surface area contributed by atoms with Gasteiger partial charge in [-0.25, -0.2) is 14.5 Å². The quantitative estimate of drug-likeness (QED) is 0.420. The molecule has 10 heteroatoms. The number of hydrogen-bond acceptors (Lipinski definition) is 9. The van der Waals surface area contributed by atoms with Crippen molar-refractivity contribution in [2.45, 2.75) is 72.4 Å². The van der Waals surface area contributed by atoms with Gasteiger partial charge in [0.25, 0.3) is 0 Å². The lowest BCUT2D eigenvalue weighted by Crippen LogP contribution is -2.47. The maximum absolute atomic E-state index is 13.4. The molecule has 0 aromatic rings. The Labute approximate surface area is 176 Å². The van der Waals surface area contributed by atoms with Crippen LogP contribution in [0.5, 0.6) is 0 Å². The van der Waals surface area contributed by atoms with E-state index in [2.05, 4.69) is 0 Å². The molecule has 30 heavy (non-hydrogen) atoms. The number of ether oxygens (including phenoxy) is 4. The summed E-state index contributed by atoms with van der Waals surface area (Å²) in [6.07, 6.45) is -2.33. The summed E-state index contributed by atoms with van der Waals surface area (Å²) >= 11 is 0. The number of imide groups is 1. The van der Waals surface area contributed by atoms with E-state index in [9.17, 15) is 24.0 Å². The summed E-state index contributed by atoms with van der Waals surface area (Å²) in [7, 11) is 0. The molecule has 1 rings (SSSR count). The molecule has 0 aromatic carbocycles. The van der Waals surface area contributed by atoms with E-state index in [4.69, 9.17) is 18.9 Å². The minimum atomic E-state index is -1.69. The van der Waals surface area contributed by atoms with Gasteiger partial charge in [-0.1, -0.05) is 0 Å². The predicted octanol–water partition coefficient (Wildman–Crippen LogP) is 1.98. The van der Waals surface area contributed by atoms with Gasteiger partial charge in [0.15, 0.2) is 0 Å². The Hall–Kier alpha value is -2.65. The van der Waals surface area contributed by atoms with Gasteiger partial charge in [0.05, 0.1) is 38.1 Å². The van der Waals surface area contributed by atoms with Crippen molar-refractivity contribution in [3.05, 3.63) is 0 Å². The van der Waals surface area contributed by atoms with E-state index < -0.39 is 59.8 Å². The van der Waals surface area contributed by atoms with Gasteiger partial charge >= 0.3 is 24.0 Å². The number of nitrogens with zero attached hydrogens (tertiary/aromatic N) is 1. The molecule has 1 fully saturated rings. The molecule has 0 N–H and O–H groups in total. The summed E-state index contributed by atoms with van der Waals surface area (Å²) in [6, 6.07) is -1.34. The third-order valence-electron chi connectivity index (χ3n) is 4.29. The van der Waals surface area contributed by atoms with Crippen LogP contribution in [0.4, 0.5) is 4.79 Å². The number of carbonyl (C=O) groups excluding carboxylic acids is 5. The lowest BCUT2D eigenvalue weighted by molar-refractivity contribution is -0.156. The fraction of sp³-hybridized carbons (Fsp3) is 0.750. The fourth-order valence-electron chi connectivity index (χ4n) is 3.23. The molecule has 0 aromatic heterocycles. The molecule has 0 spiro atoms. The molecule has 0 saturated carbocycles. The van der Waals surface area contributed by atoms with Crippen LogP contribution in [-0.2, 0) is 38.1 Å². The SMILES string of the molecule is CCOC(=O)CC1(CC(=O)OCC)C[C@@H](C(=O)OCC)N(C(=O)OC(C)(C)C)C1=O. The van der Waals surface area contributed by atoms with E-state index in [1.165, 1.54) is 0 Å². The van der Waals surface area contributed by atoms with E-state index in [-0.39, 0.29) is 26.2 Å². The molecule has 0 aliphatic carbocycles. The highest BCUT2D eigenvalue weighted by molar-refractivity contribution is 6.05. The first kappa shape index (κ1) is 25.4. The van der Waals surface area contributed by atoms with Gasteiger partial charge < -0.3 is 18.9 Å². The fourth-order valence-corrected chi connectivity index (χ4v) is 3.23. The van der Waals surface area contributed by atoms with Crippen LogP contribution in [0.15, 0.2) is 0 Å². The Morgan fingerprint density at radius 2 is 1.40 bits per heavy atom. The Morgan fingerprint density at radius 3 is 1.80 bits per heavy atom. The average molecular weight is 429 g/mol. The maximum Gasteiger partial charge on any atom is 0.417 e. The standard InChI is InChI=1S/C20H31NO9/c1-7-27-14(22)11-20(12-15(23)28-8-2)10-13(16(24)29-9-3)21(17(20)25)18(26)30-19(4,5)6/h13H,7-12H2,1-6H3/t13-/m0/s1. The van der Waals surface area contributed by atoms with Crippen LogP contribution < -0.4 is 0 Å². The minimum absolute atomic E-state index is 0.0223. The van der Waals surface area contributed by atoms with Crippen molar-refractivity contribution in [3.8, 4) is 0 Å². The van der Waals surface area contributed by atoms with Gasteiger partial charge in [-0.3, -0.25) is 14.4 Å². The zero-order valence-corrected chi connectivity index (χ0v) is 18.4. The predicted molar refractivity (Wildman–Crippen MR) is 103 cm³/mol. The summed E-state index contributed by atoms with van der Waals surface area (Å²) in [5.41, 5.74) is -2.63. The second-order valence-corrected chi connectivity index (χ2v) is 7.87. The van der Waals surface area contributed by atoms with E-state index >= 15 is 0 Å². The molecule has 0 bridgehead atoms. The topological polar surface area (TPSA) is 126 Å². The number of likely N-dealkylation sites (tertiary alicyclic amines) is 1. The third kappa shape index (κ3) is 6.43. The molecule has 1 aliphatic heterocycles. The highest BCUT2D eigenvalue weighted by Gasteiger charge is 2.59. The summed E-state index contributed by atoms with van der Waals surface area (Å²) < 4.78 is 20.2. The highest BCUT2D eigenvalue weighted by atomic mass is 16.6. The van der Waals surface area contributed by atoms with Gasteiger partial charge in [-0.05, 0) is 48.0 Å². The van der Waals surface area contributed by atoms with Gasteiger partial charge in [0, 0.05) is 0 Å². The van der Waals surface area contributed by atoms with Gasteiger partial charge in [-0.15, -0.1) is 0 Å². The molecule has 1 atom stereocenters. The molecular formula is C20H31NO9. The van der Waals surface area contributed by atoms with Gasteiger partial charge in [0.2, 0.25) is 5.91 Å². The monoisotopic (exact) mass is 429 g/mol. The summed E-state index contributed by atoms with van der Waals surface area (Å²) in [5.74, 6) is -3.17. The zero-order valence-electron chi connectivity index (χ0n) is 18.4. The Bertz CT molecular complexity index is 660. The number of rotatable bonds is 8. The van der Waals surface area contributed by atoms with Crippen molar-refractivity contribution in [1.82, 2.24) is 4.90 Å². The number of hydrogen-bond donors (Lipinski definition) is 0. The van der Waals surface area contributed by atoms with E-state index in [1.807, 2.05) is 0 Å². The van der Waals surface area contributed by atoms with Crippen molar-refractivity contribution in [1.29, 1.82) is 0 Å². The van der Waals surface area contributed by atoms with Crippen molar-refractivity contribution in [3.63, 3.8) is 0 Å². The molecule has 2 amide bonds. The maximum atomic E-state index is 13.4. The first-order valence-electron chi connectivity index (χ1n) is 9.95. The van der Waals surface area contributed by atoms with E-state index in [0.717, 1.165) is 0 Å². The van der Waals surface area contributed by atoms with Crippen molar-refractivity contribution >= 4 is 29.9 Å². The van der Waals surface area contributed by atoms with Crippen LogP contribution in [0.2, 0.25) is 0 Å². The molecule has 0 unspecified atom stereocenters. The van der Waals surface area contributed by atoms with Gasteiger partial charge in [-0.2, -0.15) is 0 Å². The minimum Gasteiger partial charge on any atom is -0.466 e. The van der Waals surface area contributed by atoms with Crippen LogP contribution in [0.1, 0.15) is 60.8 Å². The van der Waals surface area contributed by atoms with Crippen LogP contribution in [0, 0.1) is 5.41 Å². The number of carbonyl (C=O) groups is 5. The summed E-state index contributed by atoms with van der Waals surface area (Å²) in [6.45, 7) is 9.76. The lowest BCUT2D eigenvalue weighted by Gasteiger charge is -2.27. The average Bonchev–Trinajstić information content (AvgIpc) is 2.86. The molecule has 170 valence electrons. The molecule has 1 saturated heterocycles. The normalized spacial score (nSPS) is 18.0. The number of amides is 2. The second-order valence-electron chi connectivity index (χ2n) is 7.87. The largest absolute Gasteiger partial charge is 0.466 e. The lowest BCUT2D eigenvalue weighted by atomic mass is 9.78. The third-order valence-corrected chi connectivity index (χ3v) is 4.29. The first-order chi connectivity index (χ1) is 13.9. The Kier molecular flexibility index (Phi) is 8.80. The molecular weight excluding hydrogens is 398 g/mol. The van der Waals surface area contributed by atoms with E-state index in [0.29, 0.717) is 4.90 Å². The molecule has 10 nitrogen and oxygen atoms in total. The van der Waals surface area contributed by atoms with Crippen molar-refractivity contribution < 1.29 is 42.9 Å². The van der Waals surface area contributed by atoms with Crippen LogP contribution >= 0.6 is 0 Å². The smallest absolute Gasteiger partial charge is 0.417 e. The van der Waals surface area contributed by atoms with Crippen LogP contribution in [0.25, 0.3) is 0 Å². The second kappa shape index (κ2) is 10.4. The van der Waals surface area contributed by atoms with Gasteiger partial charge in [0.1, 0.15) is 11.6 Å². The van der Waals surface area contributed by atoms with Crippen molar-refractivity contribution in [2.75, 3.05) is 19.8 Å². The first-order valence-corrected chi connectivity index (χ1v) is 9.95. The Balaban J connectivity index is 3.39. The molecule has 0 radical (unpaired) electrons. The van der Waals surface area contributed by atoms with Crippen molar-refractivity contribution in [2.24, 2.45) is 5.41 Å². The molecule has 1 heterocycles. The molecule has 1 aliphatic rings. The summed E-state index contributed by atoms with van der Waals surface area (Å²) in [4.78, 5) is 63.7. The van der Waals surface area contributed by atoms with E-state index in [1.54, 1.807) is 41.5 Å².